The highest BCUT2D eigenvalue weighted by Crippen LogP contribution is 2.32. The van der Waals surface area contributed by atoms with Crippen molar-refractivity contribution in [2.24, 2.45) is 0 Å². The molecule has 112 valence electrons. The Morgan fingerprint density at radius 2 is 2.19 bits per heavy atom. The number of nitrogens with one attached hydrogen (secondary N) is 2. The first-order valence-electron chi connectivity index (χ1n) is 6.91. The lowest BCUT2D eigenvalue weighted by atomic mass is 10.2. The fourth-order valence-corrected chi connectivity index (χ4v) is 2.53. The van der Waals surface area contributed by atoms with Crippen LogP contribution in [0.25, 0.3) is 0 Å². The Morgan fingerprint density at radius 3 is 2.95 bits per heavy atom. The molecule has 0 spiro atoms. The Balaban J connectivity index is 1.57. The van der Waals surface area contributed by atoms with Gasteiger partial charge < -0.3 is 19.7 Å². The Morgan fingerprint density at radius 1 is 1.38 bits per heavy atom. The van der Waals surface area contributed by atoms with E-state index in [0.29, 0.717) is 19.6 Å². The zero-order valence-corrected chi connectivity index (χ0v) is 11.8. The quantitative estimate of drug-likeness (QED) is 0.745. The average molecular weight is 292 g/mol. The van der Waals surface area contributed by atoms with Gasteiger partial charge in [0.1, 0.15) is 6.54 Å². The van der Waals surface area contributed by atoms with Gasteiger partial charge in [0.25, 0.3) is 5.91 Å². The van der Waals surface area contributed by atoms with Gasteiger partial charge in [0.15, 0.2) is 18.0 Å². The molecule has 7 heteroatoms. The van der Waals surface area contributed by atoms with Crippen LogP contribution in [0, 0.1) is 0 Å². The summed E-state index contributed by atoms with van der Waals surface area (Å²) in [6, 6.07) is 5.47. The van der Waals surface area contributed by atoms with Crippen molar-refractivity contribution in [1.82, 2.24) is 10.2 Å². The predicted octanol–water partition coefficient (Wildman–Crippen LogP) is -1.02. The summed E-state index contributed by atoms with van der Waals surface area (Å²) in [7, 11) is 1.93. The van der Waals surface area contributed by atoms with Crippen LogP contribution in [0.4, 0.5) is 4.79 Å². The van der Waals surface area contributed by atoms with Crippen molar-refractivity contribution in [3.63, 3.8) is 0 Å². The molecule has 1 fully saturated rings. The molecule has 2 N–H and O–H groups in total. The van der Waals surface area contributed by atoms with Crippen molar-refractivity contribution < 1.29 is 24.0 Å². The van der Waals surface area contributed by atoms with Crippen LogP contribution in [0.15, 0.2) is 18.2 Å². The maximum atomic E-state index is 12.0. The molecule has 2 aliphatic rings. The second kappa shape index (κ2) is 5.61. The summed E-state index contributed by atoms with van der Waals surface area (Å²) >= 11 is 0. The number of hydrogen-bond acceptors (Lipinski definition) is 4. The summed E-state index contributed by atoms with van der Waals surface area (Å²) in [5.74, 6) is 1.34. The van der Waals surface area contributed by atoms with E-state index in [4.69, 9.17) is 9.47 Å². The van der Waals surface area contributed by atoms with Crippen LogP contribution in [0.5, 0.6) is 11.5 Å². The number of benzene rings is 1. The molecule has 1 saturated heterocycles. The first-order valence-corrected chi connectivity index (χ1v) is 6.91. The Labute approximate surface area is 122 Å². The number of amides is 3. The molecule has 1 unspecified atom stereocenters. The third-order valence-corrected chi connectivity index (χ3v) is 3.55. The van der Waals surface area contributed by atoms with E-state index >= 15 is 0 Å². The van der Waals surface area contributed by atoms with Crippen molar-refractivity contribution in [3.05, 3.63) is 23.8 Å². The van der Waals surface area contributed by atoms with Crippen LogP contribution in [-0.4, -0.2) is 50.3 Å². The van der Waals surface area contributed by atoms with E-state index in [1.165, 1.54) is 4.90 Å². The lowest BCUT2D eigenvalue weighted by Gasteiger charge is -2.17. The lowest BCUT2D eigenvalue weighted by Crippen LogP contribution is -3.08. The maximum absolute atomic E-state index is 12.0. The fourth-order valence-electron chi connectivity index (χ4n) is 2.53. The third-order valence-electron chi connectivity index (χ3n) is 3.55. The Kier molecular flexibility index (Phi) is 3.66. The smallest absolute Gasteiger partial charge is 0.324 e. The second-order valence-electron chi connectivity index (χ2n) is 5.28. The predicted molar refractivity (Wildman–Crippen MR) is 73.1 cm³/mol. The molecule has 0 bridgehead atoms. The largest absolute Gasteiger partial charge is 0.454 e. The third kappa shape index (κ3) is 2.92. The van der Waals surface area contributed by atoms with Gasteiger partial charge in [0.2, 0.25) is 6.79 Å². The number of carbonyl (C=O) groups excluding carboxylic acids is 2. The van der Waals surface area contributed by atoms with E-state index in [9.17, 15) is 9.59 Å². The van der Waals surface area contributed by atoms with Crippen molar-refractivity contribution in [1.29, 1.82) is 0 Å². The van der Waals surface area contributed by atoms with Crippen molar-refractivity contribution in [2.75, 3.05) is 33.5 Å². The highest BCUT2D eigenvalue weighted by Gasteiger charge is 2.28. The number of ether oxygens (including phenoxy) is 2. The average Bonchev–Trinajstić information content (AvgIpc) is 3.06. The standard InChI is InChI=1S/C14H17N3O4/c1-16(8-13(18)17-5-4-15-14(17)19)7-10-2-3-11-12(6-10)21-9-20-11/h2-3,6H,4-5,7-9H2,1H3,(H,15,19)/p+1. The van der Waals surface area contributed by atoms with Crippen LogP contribution in [0.1, 0.15) is 5.56 Å². The number of carbonyl (C=O) groups is 2. The van der Waals surface area contributed by atoms with Crippen molar-refractivity contribution in [2.45, 2.75) is 6.54 Å². The van der Waals surface area contributed by atoms with Gasteiger partial charge in [-0.25, -0.2) is 4.79 Å². The molecule has 3 amide bonds. The molecule has 0 radical (unpaired) electrons. The zero-order valence-electron chi connectivity index (χ0n) is 11.8. The van der Waals surface area contributed by atoms with Gasteiger partial charge in [-0.05, 0) is 18.2 Å². The molecule has 2 heterocycles. The number of nitrogens with zero attached hydrogens (tertiary/aromatic N) is 1. The number of hydrogen-bond donors (Lipinski definition) is 2. The van der Waals surface area contributed by atoms with Gasteiger partial charge in [-0.3, -0.25) is 9.69 Å². The van der Waals surface area contributed by atoms with Crippen LogP contribution in [0.3, 0.4) is 0 Å². The van der Waals surface area contributed by atoms with Gasteiger partial charge in [-0.2, -0.15) is 0 Å². The van der Waals surface area contributed by atoms with Crippen LogP contribution < -0.4 is 19.7 Å². The molecule has 1 atom stereocenters. The van der Waals surface area contributed by atoms with Gasteiger partial charge >= 0.3 is 6.03 Å². The second-order valence-corrected chi connectivity index (χ2v) is 5.28. The minimum Gasteiger partial charge on any atom is -0.454 e. The molecule has 3 rings (SSSR count). The summed E-state index contributed by atoms with van der Waals surface area (Å²) in [5.41, 5.74) is 1.07. The topological polar surface area (TPSA) is 72.3 Å². The SMILES string of the molecule is C[NH+](CC(=O)N1CCNC1=O)Cc1ccc2c(c1)OCO2. The van der Waals surface area contributed by atoms with Crippen LogP contribution in [-0.2, 0) is 11.3 Å². The minimum absolute atomic E-state index is 0.150. The molecule has 1 aromatic carbocycles. The lowest BCUT2D eigenvalue weighted by molar-refractivity contribution is -0.885. The summed E-state index contributed by atoms with van der Waals surface area (Å²) in [6.07, 6.45) is 0. The molecule has 0 saturated carbocycles. The van der Waals surface area contributed by atoms with E-state index in [2.05, 4.69) is 5.32 Å². The highest BCUT2D eigenvalue weighted by atomic mass is 16.7. The maximum Gasteiger partial charge on any atom is 0.324 e. The Bertz CT molecular complexity index is 575. The highest BCUT2D eigenvalue weighted by molar-refractivity contribution is 5.96. The minimum atomic E-state index is -0.295. The van der Waals surface area contributed by atoms with Crippen LogP contribution in [0.2, 0.25) is 0 Å². The number of urea groups is 1. The van der Waals surface area contributed by atoms with Gasteiger partial charge in [-0.15, -0.1) is 0 Å². The van der Waals surface area contributed by atoms with Crippen molar-refractivity contribution >= 4 is 11.9 Å². The normalized spacial score (nSPS) is 17.8. The van der Waals surface area contributed by atoms with Gasteiger partial charge in [-0.1, -0.05) is 0 Å². The fraction of sp³-hybridized carbons (Fsp3) is 0.429. The molecule has 21 heavy (non-hydrogen) atoms. The molecular formula is C14H18N3O4+. The monoisotopic (exact) mass is 292 g/mol. The van der Waals surface area contributed by atoms with E-state index in [0.717, 1.165) is 22.0 Å². The summed E-state index contributed by atoms with van der Waals surface area (Å²) < 4.78 is 10.6. The molecular weight excluding hydrogens is 274 g/mol. The molecule has 1 aromatic rings. The van der Waals surface area contributed by atoms with Gasteiger partial charge in [0, 0.05) is 18.7 Å². The van der Waals surface area contributed by atoms with Crippen LogP contribution >= 0.6 is 0 Å². The Hall–Kier alpha value is -2.28. The molecule has 7 nitrogen and oxygen atoms in total. The molecule has 2 aliphatic heterocycles. The van der Waals surface area contributed by atoms with E-state index < -0.39 is 0 Å². The number of rotatable bonds is 4. The zero-order chi connectivity index (χ0) is 14.8. The number of fused-ring (bicyclic) bond motifs is 1. The summed E-state index contributed by atoms with van der Waals surface area (Å²) in [4.78, 5) is 25.8. The summed E-state index contributed by atoms with van der Waals surface area (Å²) in [6.45, 7) is 2.20. The first-order chi connectivity index (χ1) is 10.1. The molecule has 0 aliphatic carbocycles. The van der Waals surface area contributed by atoms with E-state index in [1.54, 1.807) is 0 Å². The number of imide groups is 1. The van der Waals surface area contributed by atoms with E-state index in [-0.39, 0.29) is 25.3 Å². The van der Waals surface area contributed by atoms with E-state index in [1.807, 2.05) is 25.2 Å². The first kappa shape index (κ1) is 13.7. The molecule has 0 aromatic heterocycles. The van der Waals surface area contributed by atoms with Gasteiger partial charge in [0.05, 0.1) is 7.05 Å². The number of likely N-dealkylation sites (N-methyl/N-ethyl adjacent to an activating group) is 1. The number of quaternary nitrogens is 1. The van der Waals surface area contributed by atoms with Crippen molar-refractivity contribution in [3.8, 4) is 11.5 Å². The summed E-state index contributed by atoms with van der Waals surface area (Å²) in [5, 5.41) is 2.63.